The van der Waals surface area contributed by atoms with E-state index >= 15 is 0 Å². The maximum Gasteiger partial charge on any atom is 0.229 e. The van der Waals surface area contributed by atoms with Crippen LogP contribution in [0.1, 0.15) is 18.4 Å². The van der Waals surface area contributed by atoms with Gasteiger partial charge in [0.25, 0.3) is 0 Å². The quantitative estimate of drug-likeness (QED) is 0.903. The predicted octanol–water partition coefficient (Wildman–Crippen LogP) is 1.86. The third kappa shape index (κ3) is 4.43. The van der Waals surface area contributed by atoms with E-state index in [1.807, 2.05) is 30.1 Å². The lowest BCUT2D eigenvalue weighted by Gasteiger charge is -2.37. The first-order valence-electron chi connectivity index (χ1n) is 7.25. The highest BCUT2D eigenvalue weighted by Gasteiger charge is 2.40. The molecule has 0 atom stereocenters. The summed E-state index contributed by atoms with van der Waals surface area (Å²) in [6.07, 6.45) is 2.34. The topological polar surface area (TPSA) is 55.6 Å². The van der Waals surface area contributed by atoms with E-state index in [4.69, 9.17) is 10.5 Å². The van der Waals surface area contributed by atoms with Crippen molar-refractivity contribution in [2.24, 2.45) is 11.1 Å². The number of hydrogen-bond donors (Lipinski definition) is 1. The minimum Gasteiger partial charge on any atom is -0.381 e. The Labute approximate surface area is 133 Å². The smallest absolute Gasteiger partial charge is 0.229 e. The highest BCUT2D eigenvalue weighted by molar-refractivity contribution is 5.85. The van der Waals surface area contributed by atoms with Crippen LogP contribution in [0.3, 0.4) is 0 Å². The largest absolute Gasteiger partial charge is 0.381 e. The zero-order chi connectivity index (χ0) is 14.4. The number of carbonyl (C=O) groups is 1. The number of likely N-dealkylation sites (N-methyl/N-ethyl adjacent to an activating group) is 1. The average Bonchev–Trinajstić information content (AvgIpc) is 2.53. The van der Waals surface area contributed by atoms with Gasteiger partial charge in [-0.15, -0.1) is 12.4 Å². The molecule has 0 aromatic heterocycles. The fourth-order valence-corrected chi connectivity index (χ4v) is 2.72. The van der Waals surface area contributed by atoms with Crippen LogP contribution in [-0.4, -0.2) is 44.2 Å². The summed E-state index contributed by atoms with van der Waals surface area (Å²) in [6.45, 7) is 2.40. The molecule has 0 saturated carbocycles. The molecule has 1 aromatic rings. The second-order valence-electron chi connectivity index (χ2n) is 5.56. The summed E-state index contributed by atoms with van der Waals surface area (Å²) >= 11 is 0. The highest BCUT2D eigenvalue weighted by Crippen LogP contribution is 2.31. The zero-order valence-corrected chi connectivity index (χ0v) is 13.4. The number of nitrogens with two attached hydrogens (primary N) is 1. The third-order valence-corrected chi connectivity index (χ3v) is 4.22. The van der Waals surface area contributed by atoms with E-state index in [1.54, 1.807) is 0 Å². The van der Waals surface area contributed by atoms with E-state index in [1.165, 1.54) is 5.56 Å². The van der Waals surface area contributed by atoms with Gasteiger partial charge in [0.1, 0.15) is 0 Å². The molecule has 2 rings (SSSR count). The molecule has 1 amide bonds. The molecule has 0 radical (unpaired) electrons. The third-order valence-electron chi connectivity index (χ3n) is 4.22. The van der Waals surface area contributed by atoms with E-state index in [-0.39, 0.29) is 18.3 Å². The molecule has 21 heavy (non-hydrogen) atoms. The lowest BCUT2D eigenvalue weighted by atomic mass is 9.79. The second kappa shape index (κ2) is 8.37. The lowest BCUT2D eigenvalue weighted by Crippen LogP contribution is -2.50. The molecule has 2 N–H and O–H groups in total. The van der Waals surface area contributed by atoms with E-state index in [9.17, 15) is 4.79 Å². The van der Waals surface area contributed by atoms with Gasteiger partial charge in [-0.25, -0.2) is 0 Å². The van der Waals surface area contributed by atoms with Gasteiger partial charge in [-0.3, -0.25) is 4.79 Å². The Bertz CT molecular complexity index is 433. The Kier molecular flexibility index (Phi) is 7.15. The van der Waals surface area contributed by atoms with Crippen molar-refractivity contribution in [3.05, 3.63) is 35.9 Å². The molecule has 0 unspecified atom stereocenters. The number of ether oxygens (including phenoxy) is 1. The summed E-state index contributed by atoms with van der Waals surface area (Å²) in [7, 11) is 1.87. The number of nitrogens with zero attached hydrogens (tertiary/aromatic N) is 1. The van der Waals surface area contributed by atoms with Crippen LogP contribution in [0.4, 0.5) is 0 Å². The Morgan fingerprint density at radius 2 is 1.90 bits per heavy atom. The van der Waals surface area contributed by atoms with E-state index in [0.717, 1.165) is 25.8 Å². The van der Waals surface area contributed by atoms with Crippen molar-refractivity contribution in [2.75, 3.05) is 33.4 Å². The van der Waals surface area contributed by atoms with Crippen molar-refractivity contribution >= 4 is 18.3 Å². The van der Waals surface area contributed by atoms with Crippen LogP contribution < -0.4 is 5.73 Å². The standard InChI is InChI=1S/C16H24N2O2.ClH/c1-18(10-7-14-5-3-2-4-6-14)15(19)16(13-17)8-11-20-12-9-16;/h2-6H,7-13,17H2,1H3;1H. The summed E-state index contributed by atoms with van der Waals surface area (Å²) in [5.74, 6) is 0.166. The average molecular weight is 313 g/mol. The molecular formula is C16H25ClN2O2. The molecule has 1 aromatic carbocycles. The number of halogens is 1. The summed E-state index contributed by atoms with van der Waals surface area (Å²) in [5.41, 5.74) is 6.72. The first-order chi connectivity index (χ1) is 9.68. The Morgan fingerprint density at radius 3 is 2.48 bits per heavy atom. The maximum absolute atomic E-state index is 12.7. The molecule has 118 valence electrons. The van der Waals surface area contributed by atoms with Gasteiger partial charge in [-0.05, 0) is 24.8 Å². The Balaban J connectivity index is 0.00000220. The molecule has 0 bridgehead atoms. The van der Waals surface area contributed by atoms with Gasteiger partial charge in [0.05, 0.1) is 5.41 Å². The van der Waals surface area contributed by atoms with Gasteiger partial charge in [-0.1, -0.05) is 30.3 Å². The van der Waals surface area contributed by atoms with Crippen LogP contribution >= 0.6 is 12.4 Å². The zero-order valence-electron chi connectivity index (χ0n) is 12.6. The van der Waals surface area contributed by atoms with E-state index in [2.05, 4.69) is 12.1 Å². The highest BCUT2D eigenvalue weighted by atomic mass is 35.5. The van der Waals surface area contributed by atoms with Crippen LogP contribution in [0.25, 0.3) is 0 Å². The SMILES string of the molecule is CN(CCc1ccccc1)C(=O)C1(CN)CCOCC1.Cl. The van der Waals surface area contributed by atoms with Crippen molar-refractivity contribution in [3.63, 3.8) is 0 Å². The van der Waals surface area contributed by atoms with Crippen LogP contribution in [0, 0.1) is 5.41 Å². The number of benzene rings is 1. The summed E-state index contributed by atoms with van der Waals surface area (Å²) in [6, 6.07) is 10.2. The Morgan fingerprint density at radius 1 is 1.29 bits per heavy atom. The molecular weight excluding hydrogens is 288 g/mol. The van der Waals surface area contributed by atoms with Gasteiger partial charge in [0, 0.05) is 33.4 Å². The molecule has 5 heteroatoms. The van der Waals surface area contributed by atoms with Gasteiger partial charge in [0.2, 0.25) is 5.91 Å². The summed E-state index contributed by atoms with van der Waals surface area (Å²) < 4.78 is 5.36. The van der Waals surface area contributed by atoms with Crippen LogP contribution in [0.2, 0.25) is 0 Å². The minimum absolute atomic E-state index is 0. The number of amides is 1. The van der Waals surface area contributed by atoms with Gasteiger partial charge in [0.15, 0.2) is 0 Å². The monoisotopic (exact) mass is 312 g/mol. The number of carbonyl (C=O) groups excluding carboxylic acids is 1. The molecule has 1 aliphatic heterocycles. The minimum atomic E-state index is -0.413. The van der Waals surface area contributed by atoms with Crippen molar-refractivity contribution < 1.29 is 9.53 Å². The van der Waals surface area contributed by atoms with Crippen LogP contribution in [0.5, 0.6) is 0 Å². The van der Waals surface area contributed by atoms with Gasteiger partial charge in [-0.2, -0.15) is 0 Å². The molecule has 0 aliphatic carbocycles. The normalized spacial score (nSPS) is 16.9. The van der Waals surface area contributed by atoms with E-state index in [0.29, 0.717) is 19.8 Å². The Hall–Kier alpha value is -1.10. The molecule has 0 spiro atoms. The van der Waals surface area contributed by atoms with Crippen LogP contribution in [-0.2, 0) is 16.0 Å². The molecule has 1 fully saturated rings. The number of hydrogen-bond acceptors (Lipinski definition) is 3. The molecule has 1 heterocycles. The molecule has 4 nitrogen and oxygen atoms in total. The van der Waals surface area contributed by atoms with Crippen molar-refractivity contribution in [2.45, 2.75) is 19.3 Å². The first kappa shape index (κ1) is 18.0. The fourth-order valence-electron chi connectivity index (χ4n) is 2.72. The predicted molar refractivity (Wildman–Crippen MR) is 86.6 cm³/mol. The fraction of sp³-hybridized carbons (Fsp3) is 0.562. The molecule has 1 aliphatic rings. The summed E-state index contributed by atoms with van der Waals surface area (Å²) in [4.78, 5) is 14.5. The first-order valence-corrected chi connectivity index (χ1v) is 7.25. The van der Waals surface area contributed by atoms with E-state index < -0.39 is 5.41 Å². The van der Waals surface area contributed by atoms with Gasteiger partial charge >= 0.3 is 0 Å². The van der Waals surface area contributed by atoms with Crippen molar-refractivity contribution in [1.29, 1.82) is 0 Å². The van der Waals surface area contributed by atoms with Crippen LogP contribution in [0.15, 0.2) is 30.3 Å². The lowest BCUT2D eigenvalue weighted by molar-refractivity contribution is -0.145. The maximum atomic E-state index is 12.7. The van der Waals surface area contributed by atoms with Gasteiger partial charge < -0.3 is 15.4 Å². The molecule has 1 saturated heterocycles. The van der Waals surface area contributed by atoms with Crippen molar-refractivity contribution in [1.82, 2.24) is 4.90 Å². The summed E-state index contributed by atoms with van der Waals surface area (Å²) in [5, 5.41) is 0. The second-order valence-corrected chi connectivity index (χ2v) is 5.56. The number of rotatable bonds is 5. The van der Waals surface area contributed by atoms with Crippen molar-refractivity contribution in [3.8, 4) is 0 Å².